The molecule has 112 valence electrons. The minimum atomic E-state index is 0.348. The molecule has 3 rings (SSSR count). The van der Waals surface area contributed by atoms with Gasteiger partial charge in [0.15, 0.2) is 0 Å². The van der Waals surface area contributed by atoms with Gasteiger partial charge in [-0.15, -0.1) is 0 Å². The molecule has 2 heterocycles. The lowest BCUT2D eigenvalue weighted by molar-refractivity contribution is 0.0894. The Kier molecular flexibility index (Phi) is 4.39. The number of methoxy groups -OCH3 is 1. The van der Waals surface area contributed by atoms with E-state index in [1.807, 2.05) is 7.11 Å². The normalized spacial score (nSPS) is 19.1. The molecule has 1 aromatic carbocycles. The van der Waals surface area contributed by atoms with E-state index in [0.29, 0.717) is 6.10 Å². The Morgan fingerprint density at radius 2 is 2.19 bits per heavy atom. The van der Waals surface area contributed by atoms with E-state index in [1.165, 1.54) is 23.2 Å². The van der Waals surface area contributed by atoms with Gasteiger partial charge in [-0.05, 0) is 31.4 Å². The maximum Gasteiger partial charge on any atom is 0.0746 e. The van der Waals surface area contributed by atoms with Crippen LogP contribution >= 0.6 is 0 Å². The number of nitrogens with zero attached hydrogens (tertiary/aromatic N) is 2. The van der Waals surface area contributed by atoms with Gasteiger partial charge in [-0.2, -0.15) is 0 Å². The van der Waals surface area contributed by atoms with Crippen molar-refractivity contribution in [3.05, 3.63) is 36.0 Å². The third kappa shape index (κ3) is 3.03. The van der Waals surface area contributed by atoms with Crippen LogP contribution in [0, 0.1) is 0 Å². The van der Waals surface area contributed by atoms with Crippen LogP contribution in [0.1, 0.15) is 31.9 Å². The van der Waals surface area contributed by atoms with Gasteiger partial charge in [0.1, 0.15) is 0 Å². The minimum absolute atomic E-state index is 0.348. The van der Waals surface area contributed by atoms with Gasteiger partial charge in [0.25, 0.3) is 0 Å². The van der Waals surface area contributed by atoms with Crippen molar-refractivity contribution in [2.24, 2.45) is 0 Å². The summed E-state index contributed by atoms with van der Waals surface area (Å²) in [5, 5.41) is 1.26. The zero-order chi connectivity index (χ0) is 14.7. The van der Waals surface area contributed by atoms with E-state index >= 15 is 0 Å². The number of hydrogen-bond donors (Lipinski definition) is 0. The lowest BCUT2D eigenvalue weighted by Gasteiger charge is -2.34. The Labute approximate surface area is 126 Å². The molecule has 3 heteroatoms. The van der Waals surface area contributed by atoms with Gasteiger partial charge in [0.2, 0.25) is 0 Å². The van der Waals surface area contributed by atoms with Crippen LogP contribution in [0.3, 0.4) is 0 Å². The van der Waals surface area contributed by atoms with Crippen molar-refractivity contribution < 1.29 is 4.74 Å². The number of rotatable bonds is 4. The average Bonchev–Trinajstić information content (AvgIpc) is 2.54. The summed E-state index contributed by atoms with van der Waals surface area (Å²) in [6, 6.07) is 10.8. The van der Waals surface area contributed by atoms with Crippen molar-refractivity contribution in [3.8, 4) is 0 Å². The first-order valence-electron chi connectivity index (χ1n) is 7.98. The minimum Gasteiger partial charge on any atom is -0.380 e. The molecule has 0 bridgehead atoms. The molecule has 0 N–H and O–H groups in total. The fourth-order valence-electron chi connectivity index (χ4n) is 3.21. The molecule has 1 saturated heterocycles. The number of ether oxygens (including phenoxy) is 1. The lowest BCUT2D eigenvalue weighted by atomic mass is 10.0. The molecule has 0 radical (unpaired) electrons. The molecule has 21 heavy (non-hydrogen) atoms. The van der Waals surface area contributed by atoms with Crippen LogP contribution in [0.25, 0.3) is 10.9 Å². The van der Waals surface area contributed by atoms with E-state index in [2.05, 4.69) is 42.2 Å². The van der Waals surface area contributed by atoms with Crippen molar-refractivity contribution in [2.45, 2.75) is 38.7 Å². The largest absolute Gasteiger partial charge is 0.380 e. The van der Waals surface area contributed by atoms with E-state index in [0.717, 1.165) is 37.9 Å². The summed E-state index contributed by atoms with van der Waals surface area (Å²) >= 11 is 0. The number of pyridine rings is 1. The topological polar surface area (TPSA) is 25.4 Å². The van der Waals surface area contributed by atoms with Crippen LogP contribution in [0.5, 0.6) is 0 Å². The van der Waals surface area contributed by atoms with E-state index < -0.39 is 0 Å². The summed E-state index contributed by atoms with van der Waals surface area (Å²) in [6.45, 7) is 4.30. The lowest BCUT2D eigenvalue weighted by Crippen LogP contribution is -2.39. The second kappa shape index (κ2) is 6.44. The summed E-state index contributed by atoms with van der Waals surface area (Å²) in [4.78, 5) is 7.27. The standard InChI is InChI=1S/C18H24N2O/c1-3-7-14-12-18(16-9-4-5-10-17(16)19-14)20-11-6-8-15(13-20)21-2/h4-5,9-10,12,15H,3,6-8,11,13H2,1-2H3. The van der Waals surface area contributed by atoms with Crippen LogP contribution < -0.4 is 4.90 Å². The second-order valence-electron chi connectivity index (χ2n) is 5.85. The molecule has 1 aliphatic heterocycles. The molecule has 0 amide bonds. The number of fused-ring (bicyclic) bond motifs is 1. The van der Waals surface area contributed by atoms with Crippen molar-refractivity contribution in [1.82, 2.24) is 4.98 Å². The van der Waals surface area contributed by atoms with Crippen molar-refractivity contribution >= 4 is 16.6 Å². The summed E-state index contributed by atoms with van der Waals surface area (Å²) in [6.07, 6.45) is 4.88. The monoisotopic (exact) mass is 284 g/mol. The van der Waals surface area contributed by atoms with Crippen LogP contribution in [-0.2, 0) is 11.2 Å². The molecule has 2 aromatic rings. The summed E-state index contributed by atoms with van der Waals surface area (Å²) in [5.41, 5.74) is 3.63. The highest BCUT2D eigenvalue weighted by molar-refractivity contribution is 5.92. The SMILES string of the molecule is CCCc1cc(N2CCCC(OC)C2)c2ccccc2n1. The highest BCUT2D eigenvalue weighted by Crippen LogP contribution is 2.29. The quantitative estimate of drug-likeness (QED) is 0.854. The molecule has 0 saturated carbocycles. The van der Waals surface area contributed by atoms with Crippen molar-refractivity contribution in [3.63, 3.8) is 0 Å². The smallest absolute Gasteiger partial charge is 0.0746 e. The van der Waals surface area contributed by atoms with E-state index in [9.17, 15) is 0 Å². The first-order chi connectivity index (χ1) is 10.3. The third-order valence-electron chi connectivity index (χ3n) is 4.31. The Balaban J connectivity index is 2.02. The third-order valence-corrected chi connectivity index (χ3v) is 4.31. The molecule has 1 fully saturated rings. The average molecular weight is 284 g/mol. The Hall–Kier alpha value is -1.61. The molecule has 1 atom stereocenters. The zero-order valence-electron chi connectivity index (χ0n) is 13.0. The predicted molar refractivity (Wildman–Crippen MR) is 88.0 cm³/mol. The van der Waals surface area contributed by atoms with Crippen molar-refractivity contribution in [2.75, 3.05) is 25.1 Å². The fraction of sp³-hybridized carbons (Fsp3) is 0.500. The summed E-state index contributed by atoms with van der Waals surface area (Å²) in [5.74, 6) is 0. The van der Waals surface area contributed by atoms with Gasteiger partial charge >= 0.3 is 0 Å². The summed E-state index contributed by atoms with van der Waals surface area (Å²) in [7, 11) is 1.82. The zero-order valence-corrected chi connectivity index (χ0v) is 13.0. The fourth-order valence-corrected chi connectivity index (χ4v) is 3.21. The van der Waals surface area contributed by atoms with Gasteiger partial charge in [0, 0.05) is 37.0 Å². The number of hydrogen-bond acceptors (Lipinski definition) is 3. The molecule has 1 aromatic heterocycles. The maximum absolute atomic E-state index is 5.58. The highest BCUT2D eigenvalue weighted by Gasteiger charge is 2.21. The molecular weight excluding hydrogens is 260 g/mol. The Morgan fingerprint density at radius 1 is 1.33 bits per heavy atom. The highest BCUT2D eigenvalue weighted by atomic mass is 16.5. The summed E-state index contributed by atoms with van der Waals surface area (Å²) < 4.78 is 5.58. The first-order valence-corrected chi connectivity index (χ1v) is 7.98. The number of para-hydroxylation sites is 1. The van der Waals surface area contributed by atoms with Gasteiger partial charge in [-0.25, -0.2) is 0 Å². The van der Waals surface area contributed by atoms with Crippen LogP contribution in [0.4, 0.5) is 5.69 Å². The molecular formula is C18H24N2O. The Morgan fingerprint density at radius 3 is 3.00 bits per heavy atom. The first kappa shape index (κ1) is 14.3. The number of anilines is 1. The Bertz CT molecular complexity index is 611. The van der Waals surface area contributed by atoms with Crippen molar-refractivity contribution in [1.29, 1.82) is 0 Å². The van der Waals surface area contributed by atoms with Gasteiger partial charge in [-0.1, -0.05) is 31.5 Å². The van der Waals surface area contributed by atoms with E-state index in [1.54, 1.807) is 0 Å². The maximum atomic E-state index is 5.58. The van der Waals surface area contributed by atoms with Gasteiger partial charge < -0.3 is 9.64 Å². The molecule has 0 aliphatic carbocycles. The van der Waals surface area contributed by atoms with Gasteiger partial charge in [-0.3, -0.25) is 4.98 Å². The van der Waals surface area contributed by atoms with Crippen LogP contribution in [0.15, 0.2) is 30.3 Å². The molecule has 1 unspecified atom stereocenters. The number of benzene rings is 1. The van der Waals surface area contributed by atoms with E-state index in [4.69, 9.17) is 9.72 Å². The number of aryl methyl sites for hydroxylation is 1. The predicted octanol–water partition coefficient (Wildman–Crippen LogP) is 3.80. The number of aromatic nitrogens is 1. The second-order valence-corrected chi connectivity index (χ2v) is 5.85. The molecule has 0 spiro atoms. The van der Waals surface area contributed by atoms with Crippen LogP contribution in [0.2, 0.25) is 0 Å². The van der Waals surface area contributed by atoms with E-state index in [-0.39, 0.29) is 0 Å². The van der Waals surface area contributed by atoms with Gasteiger partial charge in [0.05, 0.1) is 11.6 Å². The number of piperidine rings is 1. The molecule has 3 nitrogen and oxygen atoms in total. The van der Waals surface area contributed by atoms with Crippen LogP contribution in [-0.4, -0.2) is 31.3 Å². The molecule has 1 aliphatic rings.